The lowest BCUT2D eigenvalue weighted by Crippen LogP contribution is -2.38. The van der Waals surface area contributed by atoms with Crippen LogP contribution in [0.5, 0.6) is 0 Å². The number of nitrogens with one attached hydrogen (secondary N) is 1. The molecule has 1 amide bonds. The zero-order valence-corrected chi connectivity index (χ0v) is 14.6. The van der Waals surface area contributed by atoms with Gasteiger partial charge in [0.05, 0.1) is 6.61 Å². The summed E-state index contributed by atoms with van der Waals surface area (Å²) in [6, 6.07) is 7.65. The van der Waals surface area contributed by atoms with Gasteiger partial charge in [-0.15, -0.1) is 10.2 Å². The van der Waals surface area contributed by atoms with Crippen molar-refractivity contribution in [3.8, 4) is 0 Å². The number of benzene rings is 1. The summed E-state index contributed by atoms with van der Waals surface area (Å²) in [4.78, 5) is 12.0. The summed E-state index contributed by atoms with van der Waals surface area (Å²) in [5, 5.41) is 7.66. The fraction of sp³-hybridized carbons (Fsp3) is 0.357. The Balaban J connectivity index is 1.94. The van der Waals surface area contributed by atoms with Crippen LogP contribution in [0.1, 0.15) is 23.1 Å². The number of aromatic nitrogens is 2. The monoisotopic (exact) mass is 355 g/mol. The van der Waals surface area contributed by atoms with Gasteiger partial charge in [-0.3, -0.25) is 4.79 Å². The van der Waals surface area contributed by atoms with Crippen molar-refractivity contribution in [1.82, 2.24) is 14.9 Å². The highest BCUT2D eigenvalue weighted by Gasteiger charge is 2.25. The van der Waals surface area contributed by atoms with E-state index in [1.807, 2.05) is 35.9 Å². The standard InChI is InChI=1S/C14H17N3O4S2/c1-9-5-4-6-12(7-9)8-21-10(2)13(18)17-23(19,20)14-16-15-11(3)22-14/h4-7,10H,8H2,1-3H3,(H,17,18). The minimum Gasteiger partial charge on any atom is -0.364 e. The van der Waals surface area contributed by atoms with E-state index in [4.69, 9.17) is 4.74 Å². The molecular formula is C14H17N3O4S2. The van der Waals surface area contributed by atoms with Gasteiger partial charge >= 0.3 is 0 Å². The first kappa shape index (κ1) is 17.5. The fourth-order valence-corrected chi connectivity index (χ4v) is 3.75. The number of nitrogens with zero attached hydrogens (tertiary/aromatic N) is 2. The molecule has 0 aliphatic heterocycles. The zero-order valence-electron chi connectivity index (χ0n) is 12.9. The Hall–Kier alpha value is -1.84. The summed E-state index contributed by atoms with van der Waals surface area (Å²) in [7, 11) is -4.01. The van der Waals surface area contributed by atoms with Gasteiger partial charge in [-0.2, -0.15) is 8.42 Å². The molecule has 1 aromatic heterocycles. The zero-order chi connectivity index (χ0) is 17.0. The molecule has 2 rings (SSSR count). The lowest BCUT2D eigenvalue weighted by Gasteiger charge is -2.13. The molecule has 0 aliphatic carbocycles. The summed E-state index contributed by atoms with van der Waals surface area (Å²) in [6.07, 6.45) is -0.917. The van der Waals surface area contributed by atoms with E-state index in [0.29, 0.717) is 5.01 Å². The number of ether oxygens (including phenoxy) is 1. The Labute approximate surface area is 138 Å². The minimum absolute atomic E-state index is 0.216. The van der Waals surface area contributed by atoms with Crippen molar-refractivity contribution in [2.45, 2.75) is 37.8 Å². The molecule has 23 heavy (non-hydrogen) atoms. The van der Waals surface area contributed by atoms with Crippen molar-refractivity contribution in [3.63, 3.8) is 0 Å². The number of sulfonamides is 1. The number of hydrogen-bond acceptors (Lipinski definition) is 7. The van der Waals surface area contributed by atoms with E-state index in [-0.39, 0.29) is 10.9 Å². The number of carbonyl (C=O) groups excluding carboxylic acids is 1. The molecule has 9 heteroatoms. The number of carbonyl (C=O) groups is 1. The Kier molecular flexibility index (Phi) is 5.45. The second-order valence-corrected chi connectivity index (χ2v) is 8.04. The van der Waals surface area contributed by atoms with E-state index in [2.05, 4.69) is 10.2 Å². The predicted octanol–water partition coefficient (Wildman–Crippen LogP) is 1.57. The van der Waals surface area contributed by atoms with Gasteiger partial charge in [-0.25, -0.2) is 4.72 Å². The van der Waals surface area contributed by atoms with E-state index in [1.165, 1.54) is 6.92 Å². The minimum atomic E-state index is -4.01. The summed E-state index contributed by atoms with van der Waals surface area (Å²) < 4.78 is 31.1. The average Bonchev–Trinajstić information content (AvgIpc) is 2.92. The van der Waals surface area contributed by atoms with Crippen LogP contribution in [0, 0.1) is 13.8 Å². The first-order chi connectivity index (χ1) is 10.8. The van der Waals surface area contributed by atoms with Crippen LogP contribution in [0.3, 0.4) is 0 Å². The Morgan fingerprint density at radius 2 is 2.09 bits per heavy atom. The van der Waals surface area contributed by atoms with E-state index in [9.17, 15) is 13.2 Å². The quantitative estimate of drug-likeness (QED) is 0.844. The Bertz CT molecular complexity index is 802. The van der Waals surface area contributed by atoms with Crippen molar-refractivity contribution in [1.29, 1.82) is 0 Å². The van der Waals surface area contributed by atoms with Crippen molar-refractivity contribution < 1.29 is 17.9 Å². The van der Waals surface area contributed by atoms with Crippen molar-refractivity contribution in [3.05, 3.63) is 40.4 Å². The van der Waals surface area contributed by atoms with Crippen molar-refractivity contribution in [2.24, 2.45) is 0 Å². The first-order valence-electron chi connectivity index (χ1n) is 6.82. The smallest absolute Gasteiger partial charge is 0.293 e. The molecule has 0 saturated heterocycles. The molecular weight excluding hydrogens is 338 g/mol. The highest BCUT2D eigenvalue weighted by Crippen LogP contribution is 2.14. The van der Waals surface area contributed by atoms with Crippen LogP contribution in [0.15, 0.2) is 28.6 Å². The molecule has 7 nitrogen and oxygen atoms in total. The SMILES string of the molecule is Cc1cccc(COC(C)C(=O)NS(=O)(=O)c2nnc(C)s2)c1. The van der Waals surface area contributed by atoms with Crippen LogP contribution in [0.25, 0.3) is 0 Å². The average molecular weight is 355 g/mol. The van der Waals surface area contributed by atoms with Gasteiger partial charge in [0.15, 0.2) is 0 Å². The molecule has 2 aromatic rings. The van der Waals surface area contributed by atoms with Gasteiger partial charge in [0, 0.05) is 0 Å². The van der Waals surface area contributed by atoms with Gasteiger partial charge in [-0.1, -0.05) is 41.2 Å². The van der Waals surface area contributed by atoms with Gasteiger partial charge < -0.3 is 4.74 Å². The number of aryl methyl sites for hydroxylation is 2. The number of rotatable bonds is 6. The van der Waals surface area contributed by atoms with Gasteiger partial charge in [-0.05, 0) is 26.3 Å². The molecule has 1 aromatic carbocycles. The van der Waals surface area contributed by atoms with Crippen LogP contribution in [-0.4, -0.2) is 30.6 Å². The number of amides is 1. The molecule has 0 spiro atoms. The largest absolute Gasteiger partial charge is 0.364 e. The summed E-state index contributed by atoms with van der Waals surface area (Å²) in [5.41, 5.74) is 1.99. The lowest BCUT2D eigenvalue weighted by atomic mass is 10.1. The van der Waals surface area contributed by atoms with E-state index < -0.39 is 22.0 Å². The molecule has 124 valence electrons. The molecule has 0 bridgehead atoms. The fourth-order valence-electron chi connectivity index (χ4n) is 1.74. The van der Waals surface area contributed by atoms with E-state index in [0.717, 1.165) is 22.5 Å². The van der Waals surface area contributed by atoms with Gasteiger partial charge in [0.2, 0.25) is 0 Å². The maximum Gasteiger partial charge on any atom is 0.293 e. The molecule has 1 unspecified atom stereocenters. The van der Waals surface area contributed by atoms with E-state index >= 15 is 0 Å². The predicted molar refractivity (Wildman–Crippen MR) is 85.4 cm³/mol. The summed E-state index contributed by atoms with van der Waals surface area (Å²) in [5.74, 6) is -0.745. The summed E-state index contributed by atoms with van der Waals surface area (Å²) >= 11 is 0.894. The van der Waals surface area contributed by atoms with Gasteiger partial charge in [0.1, 0.15) is 11.1 Å². The molecule has 1 atom stereocenters. The molecule has 0 radical (unpaired) electrons. The second kappa shape index (κ2) is 7.16. The summed E-state index contributed by atoms with van der Waals surface area (Å²) in [6.45, 7) is 5.29. The third-order valence-electron chi connectivity index (χ3n) is 2.92. The highest BCUT2D eigenvalue weighted by atomic mass is 32.2. The topological polar surface area (TPSA) is 98.2 Å². The third kappa shape index (κ3) is 4.81. The van der Waals surface area contributed by atoms with Crippen LogP contribution in [-0.2, 0) is 26.2 Å². The lowest BCUT2D eigenvalue weighted by molar-refractivity contribution is -0.130. The van der Waals surface area contributed by atoms with Crippen molar-refractivity contribution >= 4 is 27.3 Å². The first-order valence-corrected chi connectivity index (χ1v) is 9.12. The molecule has 0 fully saturated rings. The third-order valence-corrected chi connectivity index (χ3v) is 5.48. The van der Waals surface area contributed by atoms with Crippen LogP contribution < -0.4 is 4.72 Å². The normalized spacial score (nSPS) is 12.8. The maximum absolute atomic E-state index is 12.0. The number of hydrogen-bond donors (Lipinski definition) is 1. The van der Waals surface area contributed by atoms with Crippen LogP contribution in [0.2, 0.25) is 0 Å². The van der Waals surface area contributed by atoms with Gasteiger partial charge in [0.25, 0.3) is 20.3 Å². The Morgan fingerprint density at radius 3 is 2.70 bits per heavy atom. The van der Waals surface area contributed by atoms with Crippen LogP contribution in [0.4, 0.5) is 0 Å². The van der Waals surface area contributed by atoms with Crippen LogP contribution >= 0.6 is 11.3 Å². The molecule has 1 heterocycles. The molecule has 0 aliphatic rings. The van der Waals surface area contributed by atoms with Crippen molar-refractivity contribution in [2.75, 3.05) is 0 Å². The van der Waals surface area contributed by atoms with E-state index in [1.54, 1.807) is 6.92 Å². The second-order valence-electron chi connectivity index (χ2n) is 5.00. The highest BCUT2D eigenvalue weighted by molar-refractivity contribution is 7.92. The molecule has 0 saturated carbocycles. The molecule has 1 N–H and O–H groups in total. The Morgan fingerprint density at radius 1 is 1.35 bits per heavy atom. The maximum atomic E-state index is 12.0.